The molecular weight excluding hydrogens is 565 g/mol. The molecule has 1 fully saturated rings. The van der Waals surface area contributed by atoms with E-state index >= 15 is 0 Å². The van der Waals surface area contributed by atoms with Gasteiger partial charge in [0.15, 0.2) is 17.7 Å². The number of ether oxygens (including phenoxy) is 1. The second-order valence-corrected chi connectivity index (χ2v) is 9.88. The Morgan fingerprint density at radius 3 is 2.21 bits per heavy atom. The van der Waals surface area contributed by atoms with E-state index in [-0.39, 0.29) is 23.7 Å². The number of aliphatic carboxylic acids is 1. The van der Waals surface area contributed by atoms with Crippen LogP contribution in [-0.4, -0.2) is 65.4 Å². The number of carbonyl (C=O) groups is 2. The van der Waals surface area contributed by atoms with Crippen molar-refractivity contribution >= 4 is 34.5 Å². The van der Waals surface area contributed by atoms with Crippen LogP contribution in [0.5, 0.6) is 5.75 Å². The predicted octanol–water partition coefficient (Wildman–Crippen LogP) is 5.30. The Morgan fingerprint density at radius 2 is 1.64 bits per heavy atom. The van der Waals surface area contributed by atoms with Crippen LogP contribution >= 0.6 is 0 Å². The number of carboxylic acid groups (broad SMARTS) is 1. The monoisotopic (exact) mass is 597 g/mol. The molecule has 228 valence electrons. The number of nitrogens with zero attached hydrogens (tertiary/aromatic N) is 3. The van der Waals surface area contributed by atoms with Crippen LogP contribution in [0.3, 0.4) is 0 Å². The molecule has 0 bridgehead atoms. The smallest absolute Gasteiger partial charge is 0.481 e. The third-order valence-electron chi connectivity index (χ3n) is 6.49. The fraction of sp³-hybridized carbons (Fsp3) is 0.429. The molecule has 1 amide bonds. The van der Waals surface area contributed by atoms with Crippen molar-refractivity contribution in [2.75, 3.05) is 24.3 Å². The minimum absolute atomic E-state index is 0.0259. The fourth-order valence-electron chi connectivity index (χ4n) is 4.36. The van der Waals surface area contributed by atoms with Crippen molar-refractivity contribution in [3.63, 3.8) is 0 Å². The molecular formula is C28H32F5N5O4. The average molecular weight is 598 g/mol. The highest BCUT2D eigenvalue weighted by Gasteiger charge is 2.38. The van der Waals surface area contributed by atoms with E-state index in [2.05, 4.69) is 15.6 Å². The average Bonchev–Trinajstić information content (AvgIpc) is 2.94. The number of aromatic nitrogens is 2. The molecule has 1 heterocycles. The Bertz CT molecular complexity index is 1380. The van der Waals surface area contributed by atoms with E-state index in [9.17, 15) is 26.7 Å². The number of halogens is 5. The number of alkyl halides is 3. The van der Waals surface area contributed by atoms with Crippen LogP contribution < -0.4 is 20.3 Å². The van der Waals surface area contributed by atoms with Crippen LogP contribution in [0.25, 0.3) is 10.9 Å². The van der Waals surface area contributed by atoms with Crippen LogP contribution in [-0.2, 0) is 9.59 Å². The highest BCUT2D eigenvalue weighted by Crippen LogP contribution is 2.27. The second-order valence-electron chi connectivity index (χ2n) is 9.88. The summed E-state index contributed by atoms with van der Waals surface area (Å²) < 4.78 is 64.0. The van der Waals surface area contributed by atoms with E-state index in [1.807, 2.05) is 50.2 Å². The van der Waals surface area contributed by atoms with Crippen molar-refractivity contribution in [3.8, 4) is 5.75 Å². The number of nitrogens with one attached hydrogen (secondary N) is 2. The molecule has 4 rings (SSSR count). The molecule has 1 aliphatic carbocycles. The number of para-hydroxylation sites is 1. The molecule has 1 saturated carbocycles. The van der Waals surface area contributed by atoms with E-state index in [0.29, 0.717) is 12.4 Å². The summed E-state index contributed by atoms with van der Waals surface area (Å²) in [5.74, 6) is -3.36. The number of anilines is 2. The molecule has 0 spiro atoms. The summed E-state index contributed by atoms with van der Waals surface area (Å²) in [7, 11) is 3.93. The first-order valence-corrected chi connectivity index (χ1v) is 13.2. The largest absolute Gasteiger partial charge is 0.490 e. The summed E-state index contributed by atoms with van der Waals surface area (Å²) in [5.41, 5.74) is 0.890. The number of carbonyl (C=O) groups excluding carboxylic acids is 1. The standard InChI is InChI=1S/C26H31F2N5O2.C2HF3O2/c1-4-23(35-18-13-14-20(27)21(28)15-18)25(34)29-16-9-11-17(12-10-16)30-26-31-22-8-6-5-7-19(22)24(32-26)33(2)3;3-2(4,5)1(6)7/h5-8,13-17,23H,4,9-12H2,1-3H3,(H,29,34)(H,30,31,32);(H,6,7)/t16-,17+,23?;. The number of carboxylic acids is 1. The summed E-state index contributed by atoms with van der Waals surface area (Å²) in [5, 5.41) is 14.6. The highest BCUT2D eigenvalue weighted by atomic mass is 19.4. The molecule has 1 unspecified atom stereocenters. The first-order chi connectivity index (χ1) is 19.8. The van der Waals surface area contributed by atoms with Gasteiger partial charge in [0.1, 0.15) is 11.6 Å². The lowest BCUT2D eigenvalue weighted by atomic mass is 9.91. The molecule has 1 atom stereocenters. The zero-order valence-corrected chi connectivity index (χ0v) is 23.2. The van der Waals surface area contributed by atoms with Crippen LogP contribution in [0.2, 0.25) is 0 Å². The summed E-state index contributed by atoms with van der Waals surface area (Å²) >= 11 is 0. The first kappa shape index (κ1) is 32.3. The van der Waals surface area contributed by atoms with Gasteiger partial charge in [0.05, 0.1) is 5.52 Å². The van der Waals surface area contributed by atoms with Gasteiger partial charge in [-0.25, -0.2) is 18.6 Å². The minimum Gasteiger partial charge on any atom is -0.481 e. The molecule has 0 aliphatic heterocycles. The van der Waals surface area contributed by atoms with Gasteiger partial charge in [-0.15, -0.1) is 0 Å². The van der Waals surface area contributed by atoms with Crippen LogP contribution in [0.4, 0.5) is 33.7 Å². The molecule has 1 aliphatic rings. The normalized spacial score (nSPS) is 17.4. The Labute approximate surface area is 239 Å². The third-order valence-corrected chi connectivity index (χ3v) is 6.49. The van der Waals surface area contributed by atoms with Crippen molar-refractivity contribution in [3.05, 3.63) is 54.1 Å². The Morgan fingerprint density at radius 1 is 1.02 bits per heavy atom. The number of hydrogen-bond acceptors (Lipinski definition) is 7. The number of amides is 1. The summed E-state index contributed by atoms with van der Waals surface area (Å²) in [6.07, 6.45) is -2.11. The molecule has 0 radical (unpaired) electrons. The number of hydrogen-bond donors (Lipinski definition) is 3. The van der Waals surface area contributed by atoms with Crippen molar-refractivity contribution < 1.29 is 41.4 Å². The van der Waals surface area contributed by atoms with Crippen molar-refractivity contribution in [1.82, 2.24) is 15.3 Å². The third kappa shape index (κ3) is 8.88. The lowest BCUT2D eigenvalue weighted by molar-refractivity contribution is -0.192. The first-order valence-electron chi connectivity index (χ1n) is 13.2. The zero-order valence-electron chi connectivity index (χ0n) is 23.2. The van der Waals surface area contributed by atoms with E-state index in [1.54, 1.807) is 0 Å². The molecule has 14 heteroatoms. The van der Waals surface area contributed by atoms with E-state index < -0.39 is 29.9 Å². The second kappa shape index (κ2) is 14.1. The fourth-order valence-corrected chi connectivity index (χ4v) is 4.36. The summed E-state index contributed by atoms with van der Waals surface area (Å²) in [6, 6.07) is 11.4. The lowest BCUT2D eigenvalue weighted by Crippen LogP contribution is -2.46. The molecule has 9 nitrogen and oxygen atoms in total. The Hall–Kier alpha value is -4.23. The quantitative estimate of drug-likeness (QED) is 0.300. The van der Waals surface area contributed by atoms with E-state index in [1.165, 1.54) is 6.07 Å². The highest BCUT2D eigenvalue weighted by molar-refractivity contribution is 5.90. The molecule has 2 aromatic carbocycles. The van der Waals surface area contributed by atoms with Crippen molar-refractivity contribution in [1.29, 1.82) is 0 Å². The van der Waals surface area contributed by atoms with Crippen LogP contribution in [0.15, 0.2) is 42.5 Å². The number of benzene rings is 2. The van der Waals surface area contributed by atoms with Gasteiger partial charge >= 0.3 is 12.1 Å². The Kier molecular flexibility index (Phi) is 10.8. The van der Waals surface area contributed by atoms with Gasteiger partial charge in [0, 0.05) is 37.6 Å². The topological polar surface area (TPSA) is 117 Å². The van der Waals surface area contributed by atoms with Crippen molar-refractivity contribution in [2.24, 2.45) is 0 Å². The maximum atomic E-state index is 13.5. The van der Waals surface area contributed by atoms with Gasteiger partial charge in [-0.2, -0.15) is 18.2 Å². The number of rotatable bonds is 8. The SMILES string of the molecule is CCC(Oc1ccc(F)c(F)c1)C(=O)N[C@H]1CC[C@@H](Nc2nc(N(C)C)c3ccccc3n2)CC1.O=C(O)C(F)(F)F. The summed E-state index contributed by atoms with van der Waals surface area (Å²) in [4.78, 5) is 33.0. The molecule has 1 aromatic heterocycles. The van der Waals surface area contributed by atoms with Gasteiger partial charge in [0.2, 0.25) is 5.95 Å². The summed E-state index contributed by atoms with van der Waals surface area (Å²) in [6.45, 7) is 1.82. The van der Waals surface area contributed by atoms with Gasteiger partial charge in [0.25, 0.3) is 5.91 Å². The lowest BCUT2D eigenvalue weighted by Gasteiger charge is -2.31. The van der Waals surface area contributed by atoms with E-state index in [4.69, 9.17) is 19.6 Å². The van der Waals surface area contributed by atoms with Crippen LogP contribution in [0.1, 0.15) is 39.0 Å². The van der Waals surface area contributed by atoms with E-state index in [0.717, 1.165) is 54.5 Å². The molecule has 0 saturated heterocycles. The van der Waals surface area contributed by atoms with Gasteiger partial charge in [-0.1, -0.05) is 19.1 Å². The predicted molar refractivity (Wildman–Crippen MR) is 146 cm³/mol. The maximum absolute atomic E-state index is 13.5. The van der Waals surface area contributed by atoms with Gasteiger partial charge in [-0.3, -0.25) is 4.79 Å². The molecule has 3 aromatic rings. The number of fused-ring (bicyclic) bond motifs is 1. The Balaban J connectivity index is 0.000000616. The van der Waals surface area contributed by atoms with Crippen LogP contribution in [0, 0.1) is 11.6 Å². The molecule has 3 N–H and O–H groups in total. The zero-order chi connectivity index (χ0) is 31.0. The van der Waals surface area contributed by atoms with Gasteiger partial charge < -0.3 is 25.4 Å². The molecule has 42 heavy (non-hydrogen) atoms. The maximum Gasteiger partial charge on any atom is 0.490 e. The van der Waals surface area contributed by atoms with Crippen molar-refractivity contribution in [2.45, 2.75) is 63.4 Å². The minimum atomic E-state index is -5.08. The van der Waals surface area contributed by atoms with Gasteiger partial charge in [-0.05, 0) is 56.4 Å².